The standard InChI is InChI=1S/C31H37N3O10S2/c1-31(2,3)44-28(36)7-5-4-6-27(35)32-16-17-33(26-20-46-45-19-25(26)32)29(37)42-23-12-8-21(9-13-23)18-41-30(38)43-24-14-10-22(11-15-24)34(39)40/h8-15,25-26H,4-7,16-20H2,1-3H3/t25-,26+/m1/s1. The van der Waals surface area contributed by atoms with E-state index in [1.54, 1.807) is 50.8 Å². The van der Waals surface area contributed by atoms with Gasteiger partial charge in [0, 0.05) is 49.6 Å². The predicted octanol–water partition coefficient (Wildman–Crippen LogP) is 5.99. The SMILES string of the molecule is CC(C)(C)OC(=O)CCCCC(=O)N1CCN(C(=O)Oc2ccc(COC(=O)Oc3ccc([N+](=O)[O-])cc3)cc2)[C@H]2CSSC[C@H]21. The van der Waals surface area contributed by atoms with Gasteiger partial charge in [-0.3, -0.25) is 19.7 Å². The van der Waals surface area contributed by atoms with Crippen molar-refractivity contribution in [1.82, 2.24) is 9.80 Å². The van der Waals surface area contributed by atoms with Crippen molar-refractivity contribution in [2.45, 2.75) is 70.7 Å². The molecule has 0 bridgehead atoms. The Morgan fingerprint density at radius 2 is 1.41 bits per heavy atom. The topological polar surface area (TPSA) is 155 Å². The molecular weight excluding hydrogens is 638 g/mol. The molecule has 0 spiro atoms. The van der Waals surface area contributed by atoms with Crippen molar-refractivity contribution in [3.63, 3.8) is 0 Å². The number of nitro groups is 1. The van der Waals surface area contributed by atoms with E-state index in [2.05, 4.69) is 0 Å². The number of fused-ring (bicyclic) bond motifs is 1. The highest BCUT2D eigenvalue weighted by Gasteiger charge is 2.43. The summed E-state index contributed by atoms with van der Waals surface area (Å²) >= 11 is 0. The van der Waals surface area contributed by atoms with Crippen molar-refractivity contribution in [2.24, 2.45) is 0 Å². The van der Waals surface area contributed by atoms with Crippen LogP contribution in [0.2, 0.25) is 0 Å². The van der Waals surface area contributed by atoms with Crippen molar-refractivity contribution in [3.8, 4) is 11.5 Å². The summed E-state index contributed by atoms with van der Waals surface area (Å²) in [7, 11) is 3.34. The number of hydrogen-bond acceptors (Lipinski definition) is 12. The van der Waals surface area contributed by atoms with Gasteiger partial charge in [0.05, 0.1) is 17.0 Å². The number of non-ortho nitro benzene ring substituents is 1. The van der Waals surface area contributed by atoms with Gasteiger partial charge in [-0.1, -0.05) is 33.7 Å². The van der Waals surface area contributed by atoms with Gasteiger partial charge in [-0.25, -0.2) is 9.59 Å². The van der Waals surface area contributed by atoms with Crippen molar-refractivity contribution in [2.75, 3.05) is 24.6 Å². The second-order valence-corrected chi connectivity index (χ2v) is 14.2. The first-order valence-corrected chi connectivity index (χ1v) is 17.3. The summed E-state index contributed by atoms with van der Waals surface area (Å²) in [6, 6.07) is 11.2. The minimum atomic E-state index is -0.971. The fourth-order valence-corrected chi connectivity index (χ4v) is 7.62. The maximum absolute atomic E-state index is 13.2. The van der Waals surface area contributed by atoms with Crippen LogP contribution in [-0.4, -0.2) is 81.1 Å². The number of carbonyl (C=O) groups is 4. The number of nitrogens with zero attached hydrogens (tertiary/aromatic N) is 3. The van der Waals surface area contributed by atoms with Gasteiger partial charge in [-0.05, 0) is 63.4 Å². The summed E-state index contributed by atoms with van der Waals surface area (Å²) in [5.41, 5.74) is -0.0357. The molecule has 46 heavy (non-hydrogen) atoms. The van der Waals surface area contributed by atoms with E-state index in [1.165, 1.54) is 24.3 Å². The maximum atomic E-state index is 13.2. The molecule has 0 radical (unpaired) electrons. The van der Waals surface area contributed by atoms with Crippen molar-refractivity contribution in [1.29, 1.82) is 0 Å². The molecule has 2 heterocycles. The molecule has 0 N–H and O–H groups in total. The van der Waals surface area contributed by atoms with Crippen LogP contribution >= 0.6 is 21.6 Å². The number of nitro benzene ring substituents is 1. The summed E-state index contributed by atoms with van der Waals surface area (Å²) in [6.07, 6.45) is 0.292. The first-order valence-electron chi connectivity index (χ1n) is 14.8. The molecule has 2 amide bonds. The third-order valence-corrected chi connectivity index (χ3v) is 9.56. The van der Waals surface area contributed by atoms with Crippen molar-refractivity contribution < 1.29 is 43.0 Å². The van der Waals surface area contributed by atoms with Gasteiger partial charge >= 0.3 is 18.2 Å². The van der Waals surface area contributed by atoms with E-state index in [0.717, 1.165) is 0 Å². The monoisotopic (exact) mass is 675 g/mol. The molecule has 2 aromatic carbocycles. The lowest BCUT2D eigenvalue weighted by Gasteiger charge is -2.48. The fraction of sp³-hybridized carbons (Fsp3) is 0.484. The molecule has 2 saturated heterocycles. The highest BCUT2D eigenvalue weighted by Crippen LogP contribution is 2.37. The molecule has 2 aliphatic rings. The van der Waals surface area contributed by atoms with Gasteiger partial charge in [0.1, 0.15) is 23.7 Å². The molecule has 2 atom stereocenters. The third-order valence-electron chi connectivity index (χ3n) is 7.12. The molecule has 2 aromatic rings. The van der Waals surface area contributed by atoms with E-state index in [-0.39, 0.29) is 48.4 Å². The summed E-state index contributed by atoms with van der Waals surface area (Å²) < 4.78 is 21.1. The number of esters is 1. The van der Waals surface area contributed by atoms with E-state index >= 15 is 0 Å². The van der Waals surface area contributed by atoms with Crippen LogP contribution in [0.1, 0.15) is 52.0 Å². The molecule has 248 valence electrons. The Morgan fingerprint density at radius 3 is 2.04 bits per heavy atom. The molecular formula is C31H37N3O10S2. The fourth-order valence-electron chi connectivity index (χ4n) is 4.94. The molecule has 0 unspecified atom stereocenters. The Morgan fingerprint density at radius 1 is 0.848 bits per heavy atom. The van der Waals surface area contributed by atoms with Gasteiger partial charge in [0.2, 0.25) is 5.91 Å². The number of piperazine rings is 1. The first-order chi connectivity index (χ1) is 21.9. The number of unbranched alkanes of at least 4 members (excludes halogenated alkanes) is 1. The second-order valence-electron chi connectivity index (χ2n) is 11.7. The minimum absolute atomic E-state index is 0.0224. The highest BCUT2D eigenvalue weighted by atomic mass is 33.1. The average molecular weight is 676 g/mol. The Balaban J connectivity index is 1.23. The Labute approximate surface area is 274 Å². The number of benzene rings is 2. The summed E-state index contributed by atoms with van der Waals surface area (Å²) in [6.45, 7) is 6.12. The largest absolute Gasteiger partial charge is 0.514 e. The Kier molecular flexibility index (Phi) is 12.2. The average Bonchev–Trinajstić information content (AvgIpc) is 3.01. The number of hydrogen-bond donors (Lipinski definition) is 0. The number of rotatable bonds is 10. The normalized spacial score (nSPS) is 17.8. The minimum Gasteiger partial charge on any atom is -0.460 e. The van der Waals surface area contributed by atoms with Gasteiger partial charge < -0.3 is 28.7 Å². The summed E-state index contributed by atoms with van der Waals surface area (Å²) in [5, 5.41) is 10.7. The maximum Gasteiger partial charge on any atom is 0.514 e. The van der Waals surface area contributed by atoms with Crippen LogP contribution in [0.5, 0.6) is 11.5 Å². The van der Waals surface area contributed by atoms with Crippen molar-refractivity contribution >= 4 is 51.4 Å². The first kappa shape index (κ1) is 34.9. The zero-order valence-electron chi connectivity index (χ0n) is 25.9. The molecule has 2 aliphatic heterocycles. The highest BCUT2D eigenvalue weighted by molar-refractivity contribution is 8.76. The summed E-state index contributed by atoms with van der Waals surface area (Å²) in [4.78, 5) is 64.1. The lowest BCUT2D eigenvalue weighted by molar-refractivity contribution is -0.384. The number of ether oxygens (including phenoxy) is 4. The second kappa shape index (κ2) is 16.0. The molecule has 0 aliphatic carbocycles. The van der Waals surface area contributed by atoms with Crippen LogP contribution in [0.3, 0.4) is 0 Å². The molecule has 2 fully saturated rings. The molecule has 0 aromatic heterocycles. The van der Waals surface area contributed by atoms with Gasteiger partial charge in [0.15, 0.2) is 0 Å². The molecule has 15 heteroatoms. The Bertz CT molecular complexity index is 1400. The zero-order valence-corrected chi connectivity index (χ0v) is 27.5. The van der Waals surface area contributed by atoms with Crippen LogP contribution < -0.4 is 9.47 Å². The van der Waals surface area contributed by atoms with Crippen LogP contribution in [0, 0.1) is 10.1 Å². The van der Waals surface area contributed by atoms with Gasteiger partial charge in [0.25, 0.3) is 5.69 Å². The smallest absolute Gasteiger partial charge is 0.460 e. The van der Waals surface area contributed by atoms with Crippen LogP contribution in [0.15, 0.2) is 48.5 Å². The molecule has 13 nitrogen and oxygen atoms in total. The Hall–Kier alpha value is -3.98. The lowest BCUT2D eigenvalue weighted by Crippen LogP contribution is -2.65. The van der Waals surface area contributed by atoms with E-state index < -0.39 is 22.8 Å². The predicted molar refractivity (Wildman–Crippen MR) is 172 cm³/mol. The van der Waals surface area contributed by atoms with E-state index in [1.807, 2.05) is 25.7 Å². The lowest BCUT2D eigenvalue weighted by atomic mass is 10.0. The molecule has 4 rings (SSSR count). The zero-order chi connectivity index (χ0) is 33.3. The summed E-state index contributed by atoms with van der Waals surface area (Å²) in [5.74, 6) is 1.55. The van der Waals surface area contributed by atoms with E-state index in [0.29, 0.717) is 55.2 Å². The third kappa shape index (κ3) is 10.3. The van der Waals surface area contributed by atoms with Crippen molar-refractivity contribution in [3.05, 3.63) is 64.2 Å². The number of carbonyl (C=O) groups excluding carboxylic acids is 4. The number of amides is 2. The molecule has 0 saturated carbocycles. The van der Waals surface area contributed by atoms with Crippen LogP contribution in [0.4, 0.5) is 15.3 Å². The van der Waals surface area contributed by atoms with E-state index in [4.69, 9.17) is 18.9 Å². The van der Waals surface area contributed by atoms with Gasteiger partial charge in [-0.15, -0.1) is 0 Å². The van der Waals surface area contributed by atoms with Crippen LogP contribution in [-0.2, 0) is 25.7 Å². The van der Waals surface area contributed by atoms with Gasteiger partial charge in [-0.2, -0.15) is 0 Å². The van der Waals surface area contributed by atoms with Crippen LogP contribution in [0.25, 0.3) is 0 Å². The quantitative estimate of drug-likeness (QED) is 0.0726. The van der Waals surface area contributed by atoms with E-state index in [9.17, 15) is 29.3 Å².